The third-order valence-electron chi connectivity index (χ3n) is 2.75. The summed E-state index contributed by atoms with van der Waals surface area (Å²) >= 11 is 6.87. The monoisotopic (exact) mass is 398 g/mol. The van der Waals surface area contributed by atoms with Gasteiger partial charge in [-0.3, -0.25) is 0 Å². The van der Waals surface area contributed by atoms with E-state index in [1.165, 1.54) is 0 Å². The van der Waals surface area contributed by atoms with Crippen molar-refractivity contribution < 1.29 is 9.84 Å². The van der Waals surface area contributed by atoms with E-state index in [4.69, 9.17) is 4.74 Å². The predicted molar refractivity (Wildman–Crippen MR) is 88.1 cm³/mol. The summed E-state index contributed by atoms with van der Waals surface area (Å²) in [5.74, 6) is 0.769. The van der Waals surface area contributed by atoms with Gasteiger partial charge in [-0.05, 0) is 55.3 Å². The minimum absolute atomic E-state index is 0.113. The summed E-state index contributed by atoms with van der Waals surface area (Å²) in [7, 11) is 0. The summed E-state index contributed by atoms with van der Waals surface area (Å²) in [6.45, 7) is 3.96. The highest BCUT2D eigenvalue weighted by Crippen LogP contribution is 2.29. The SMILES string of the molecule is CC(C)Oc1cccc(C(O)c2cc(Br)cc(Br)c2)c1. The maximum Gasteiger partial charge on any atom is 0.120 e. The van der Waals surface area contributed by atoms with Gasteiger partial charge in [-0.25, -0.2) is 0 Å². The molecule has 0 bridgehead atoms. The Bertz CT molecular complexity index is 577. The number of aliphatic hydroxyl groups is 1. The minimum Gasteiger partial charge on any atom is -0.491 e. The van der Waals surface area contributed by atoms with Crippen molar-refractivity contribution in [3.05, 3.63) is 62.5 Å². The lowest BCUT2D eigenvalue weighted by atomic mass is 10.0. The Kier molecular flexibility index (Phi) is 5.24. The standard InChI is InChI=1S/C16H16Br2O2/c1-10(2)20-15-5-3-4-11(8-15)16(19)12-6-13(17)9-14(18)7-12/h3-10,16,19H,1-2H3. The van der Waals surface area contributed by atoms with Crippen molar-refractivity contribution >= 4 is 31.9 Å². The molecule has 0 saturated heterocycles. The van der Waals surface area contributed by atoms with Crippen LogP contribution in [0, 0.1) is 0 Å². The first-order valence-electron chi connectivity index (χ1n) is 6.36. The Balaban J connectivity index is 2.30. The molecule has 2 nitrogen and oxygen atoms in total. The van der Waals surface area contributed by atoms with Gasteiger partial charge in [0.2, 0.25) is 0 Å². The van der Waals surface area contributed by atoms with Gasteiger partial charge >= 0.3 is 0 Å². The zero-order valence-electron chi connectivity index (χ0n) is 11.3. The van der Waals surface area contributed by atoms with E-state index >= 15 is 0 Å². The number of halogens is 2. The fourth-order valence-electron chi connectivity index (χ4n) is 1.96. The van der Waals surface area contributed by atoms with Crippen molar-refractivity contribution in [2.75, 3.05) is 0 Å². The number of aliphatic hydroxyl groups excluding tert-OH is 1. The highest BCUT2D eigenvalue weighted by atomic mass is 79.9. The molecule has 1 atom stereocenters. The van der Waals surface area contributed by atoms with E-state index < -0.39 is 6.10 Å². The molecule has 0 radical (unpaired) electrons. The highest BCUT2D eigenvalue weighted by molar-refractivity contribution is 9.11. The second-order valence-electron chi connectivity index (χ2n) is 4.84. The van der Waals surface area contributed by atoms with Crippen LogP contribution in [0.4, 0.5) is 0 Å². The molecule has 0 fully saturated rings. The number of hydrogen-bond donors (Lipinski definition) is 1. The molecule has 0 spiro atoms. The number of rotatable bonds is 4. The summed E-state index contributed by atoms with van der Waals surface area (Å²) in [6.07, 6.45) is -0.568. The smallest absolute Gasteiger partial charge is 0.120 e. The van der Waals surface area contributed by atoms with Crippen LogP contribution in [-0.4, -0.2) is 11.2 Å². The lowest BCUT2D eigenvalue weighted by Crippen LogP contribution is -2.06. The lowest BCUT2D eigenvalue weighted by molar-refractivity contribution is 0.216. The summed E-state index contributed by atoms with van der Waals surface area (Å²) in [5.41, 5.74) is 1.64. The zero-order chi connectivity index (χ0) is 14.7. The molecule has 2 aromatic carbocycles. The topological polar surface area (TPSA) is 29.5 Å². The Morgan fingerprint density at radius 2 is 1.60 bits per heavy atom. The van der Waals surface area contributed by atoms with E-state index in [-0.39, 0.29) is 6.10 Å². The van der Waals surface area contributed by atoms with Gasteiger partial charge in [0, 0.05) is 8.95 Å². The van der Waals surface area contributed by atoms with Crippen LogP contribution in [0.3, 0.4) is 0 Å². The molecule has 0 heterocycles. The largest absolute Gasteiger partial charge is 0.491 e. The van der Waals surface area contributed by atoms with Crippen LogP contribution in [-0.2, 0) is 0 Å². The molecule has 1 N–H and O–H groups in total. The van der Waals surface area contributed by atoms with Crippen LogP contribution in [0.2, 0.25) is 0 Å². The normalized spacial score (nSPS) is 12.5. The molecule has 1 unspecified atom stereocenters. The summed E-state index contributed by atoms with van der Waals surface area (Å²) < 4.78 is 7.51. The molecule has 2 rings (SSSR count). The van der Waals surface area contributed by atoms with Gasteiger partial charge in [0.15, 0.2) is 0 Å². The molecule has 20 heavy (non-hydrogen) atoms. The minimum atomic E-state index is -0.681. The van der Waals surface area contributed by atoms with Crippen molar-refractivity contribution in [2.45, 2.75) is 26.1 Å². The second kappa shape index (κ2) is 6.74. The van der Waals surface area contributed by atoms with E-state index in [1.807, 2.05) is 56.3 Å². The maximum atomic E-state index is 10.5. The average molecular weight is 400 g/mol. The van der Waals surface area contributed by atoms with Crippen LogP contribution in [0.15, 0.2) is 51.4 Å². The van der Waals surface area contributed by atoms with E-state index in [1.54, 1.807) is 0 Å². The molecule has 0 aliphatic carbocycles. The first kappa shape index (κ1) is 15.5. The van der Waals surface area contributed by atoms with E-state index in [9.17, 15) is 5.11 Å². The molecule has 0 saturated carbocycles. The van der Waals surface area contributed by atoms with Crippen LogP contribution < -0.4 is 4.74 Å². The first-order valence-corrected chi connectivity index (χ1v) is 7.95. The zero-order valence-corrected chi connectivity index (χ0v) is 14.5. The van der Waals surface area contributed by atoms with Gasteiger partial charge in [-0.15, -0.1) is 0 Å². The van der Waals surface area contributed by atoms with E-state index in [0.29, 0.717) is 0 Å². The van der Waals surface area contributed by atoms with Crippen LogP contribution in [0.5, 0.6) is 5.75 Å². The molecular weight excluding hydrogens is 384 g/mol. The lowest BCUT2D eigenvalue weighted by Gasteiger charge is -2.15. The molecule has 0 aliphatic heterocycles. The Morgan fingerprint density at radius 3 is 2.20 bits per heavy atom. The van der Waals surface area contributed by atoms with Gasteiger partial charge in [-0.2, -0.15) is 0 Å². The predicted octanol–water partition coefficient (Wildman–Crippen LogP) is 5.08. The summed E-state index contributed by atoms with van der Waals surface area (Å²) in [6, 6.07) is 13.3. The van der Waals surface area contributed by atoms with Crippen molar-refractivity contribution in [3.8, 4) is 5.75 Å². The van der Waals surface area contributed by atoms with Gasteiger partial charge in [0.1, 0.15) is 11.9 Å². The maximum absolute atomic E-state index is 10.5. The first-order chi connectivity index (χ1) is 9.45. The van der Waals surface area contributed by atoms with Crippen LogP contribution in [0.1, 0.15) is 31.1 Å². The summed E-state index contributed by atoms with van der Waals surface area (Å²) in [5, 5.41) is 10.5. The highest BCUT2D eigenvalue weighted by Gasteiger charge is 2.13. The second-order valence-corrected chi connectivity index (χ2v) is 6.68. The molecule has 0 aliphatic rings. The number of hydrogen-bond acceptors (Lipinski definition) is 2. The molecule has 0 aromatic heterocycles. The molecule has 106 valence electrons. The molecular formula is C16H16Br2O2. The quantitative estimate of drug-likeness (QED) is 0.776. The van der Waals surface area contributed by atoms with Crippen molar-refractivity contribution in [3.63, 3.8) is 0 Å². The Morgan fingerprint density at radius 1 is 0.950 bits per heavy atom. The van der Waals surface area contributed by atoms with E-state index in [2.05, 4.69) is 31.9 Å². The molecule has 0 amide bonds. The van der Waals surface area contributed by atoms with Gasteiger partial charge in [0.05, 0.1) is 6.10 Å². The molecule has 2 aromatic rings. The van der Waals surface area contributed by atoms with Crippen molar-refractivity contribution in [1.82, 2.24) is 0 Å². The van der Waals surface area contributed by atoms with Crippen molar-refractivity contribution in [2.24, 2.45) is 0 Å². The summed E-state index contributed by atoms with van der Waals surface area (Å²) in [4.78, 5) is 0. The van der Waals surface area contributed by atoms with Gasteiger partial charge in [-0.1, -0.05) is 44.0 Å². The fourth-order valence-corrected chi connectivity index (χ4v) is 3.28. The fraction of sp³-hybridized carbons (Fsp3) is 0.250. The number of ether oxygens (including phenoxy) is 1. The number of benzene rings is 2. The average Bonchev–Trinajstić information content (AvgIpc) is 2.36. The van der Waals surface area contributed by atoms with Gasteiger partial charge in [0.25, 0.3) is 0 Å². The van der Waals surface area contributed by atoms with Crippen LogP contribution >= 0.6 is 31.9 Å². The van der Waals surface area contributed by atoms with E-state index in [0.717, 1.165) is 25.8 Å². The third kappa shape index (κ3) is 4.08. The molecule has 4 heteroatoms. The Labute approximate surface area is 136 Å². The Hall–Kier alpha value is -0.840. The van der Waals surface area contributed by atoms with Crippen molar-refractivity contribution in [1.29, 1.82) is 0 Å². The van der Waals surface area contributed by atoms with Crippen LogP contribution in [0.25, 0.3) is 0 Å². The van der Waals surface area contributed by atoms with Gasteiger partial charge < -0.3 is 9.84 Å². The third-order valence-corrected chi connectivity index (χ3v) is 3.66.